The lowest BCUT2D eigenvalue weighted by atomic mass is 9.96. The Labute approximate surface area is 177 Å². The van der Waals surface area contributed by atoms with Gasteiger partial charge in [-0.1, -0.05) is 124 Å². The molecule has 0 aliphatic rings. The molecule has 0 aliphatic heterocycles. The first-order valence-corrected chi connectivity index (χ1v) is 12.8. The predicted molar refractivity (Wildman–Crippen MR) is 124 cm³/mol. The molecular weight excluding hydrogens is 344 g/mol. The van der Waals surface area contributed by atoms with Crippen LogP contribution < -0.4 is 0 Å². The minimum Gasteiger partial charge on any atom is -0.465 e. The van der Waals surface area contributed by atoms with E-state index < -0.39 is 0 Å². The van der Waals surface area contributed by atoms with Gasteiger partial charge in [0.15, 0.2) is 0 Å². The lowest BCUT2D eigenvalue weighted by Gasteiger charge is -2.15. The fourth-order valence-corrected chi connectivity index (χ4v) is 3.87. The Balaban J connectivity index is 3.25. The highest BCUT2D eigenvalue weighted by Gasteiger charge is 2.10. The summed E-state index contributed by atoms with van der Waals surface area (Å²) >= 11 is 0. The second-order valence-electron chi connectivity index (χ2n) is 9.24. The van der Waals surface area contributed by atoms with Crippen molar-refractivity contribution in [2.24, 2.45) is 11.8 Å². The van der Waals surface area contributed by atoms with E-state index in [4.69, 9.17) is 4.74 Å². The lowest BCUT2D eigenvalue weighted by Crippen LogP contribution is -2.14. The average Bonchev–Trinajstić information content (AvgIpc) is 2.69. The van der Waals surface area contributed by atoms with Gasteiger partial charge in [0, 0.05) is 6.42 Å². The molecule has 0 amide bonds. The molecule has 0 N–H and O–H groups in total. The van der Waals surface area contributed by atoms with Crippen molar-refractivity contribution >= 4 is 5.97 Å². The number of carbonyl (C=O) groups excluding carboxylic acids is 1. The summed E-state index contributed by atoms with van der Waals surface area (Å²) in [6.45, 7) is 9.56. The molecule has 0 aliphatic carbocycles. The van der Waals surface area contributed by atoms with Crippen molar-refractivity contribution in [2.45, 2.75) is 143 Å². The number of ether oxygens (including phenoxy) is 1. The molecule has 0 unspecified atom stereocenters. The van der Waals surface area contributed by atoms with E-state index in [0.717, 1.165) is 18.8 Å². The predicted octanol–water partition coefficient (Wildman–Crippen LogP) is 8.86. The number of hydrogen-bond acceptors (Lipinski definition) is 2. The van der Waals surface area contributed by atoms with Crippen molar-refractivity contribution in [2.75, 3.05) is 6.61 Å². The van der Waals surface area contributed by atoms with Gasteiger partial charge in [-0.05, 0) is 24.7 Å². The Hall–Kier alpha value is -0.530. The minimum atomic E-state index is 0.00527. The van der Waals surface area contributed by atoms with Gasteiger partial charge in [0.25, 0.3) is 0 Å². The molecule has 0 saturated carbocycles. The van der Waals surface area contributed by atoms with Crippen molar-refractivity contribution in [3.8, 4) is 0 Å². The van der Waals surface area contributed by atoms with Crippen molar-refractivity contribution in [3.05, 3.63) is 0 Å². The van der Waals surface area contributed by atoms with E-state index in [0.29, 0.717) is 18.9 Å². The highest BCUT2D eigenvalue weighted by molar-refractivity contribution is 5.69. The molecule has 0 saturated heterocycles. The van der Waals surface area contributed by atoms with Gasteiger partial charge in [0.2, 0.25) is 0 Å². The highest BCUT2D eigenvalue weighted by atomic mass is 16.5. The largest absolute Gasteiger partial charge is 0.465 e. The zero-order chi connectivity index (χ0) is 20.9. The van der Waals surface area contributed by atoms with Gasteiger partial charge in [-0.2, -0.15) is 0 Å². The maximum Gasteiger partial charge on any atom is 0.305 e. The smallest absolute Gasteiger partial charge is 0.305 e. The van der Waals surface area contributed by atoms with E-state index in [2.05, 4.69) is 27.7 Å². The first-order valence-electron chi connectivity index (χ1n) is 12.8. The van der Waals surface area contributed by atoms with Crippen molar-refractivity contribution in [3.63, 3.8) is 0 Å². The molecule has 28 heavy (non-hydrogen) atoms. The van der Waals surface area contributed by atoms with Crippen LogP contribution in [-0.4, -0.2) is 12.6 Å². The first-order chi connectivity index (χ1) is 13.6. The summed E-state index contributed by atoms with van der Waals surface area (Å²) in [6.07, 6.45) is 23.3. The van der Waals surface area contributed by atoms with Crippen LogP contribution in [0, 0.1) is 11.8 Å². The zero-order valence-corrected chi connectivity index (χ0v) is 19.9. The van der Waals surface area contributed by atoms with Crippen LogP contribution in [0.3, 0.4) is 0 Å². The zero-order valence-electron chi connectivity index (χ0n) is 19.9. The van der Waals surface area contributed by atoms with E-state index in [1.54, 1.807) is 0 Å². The standard InChI is InChI=1S/C26H52O2/c1-5-7-8-9-10-11-12-13-14-15-16-17-18-19-20-21-26(27)28-23-25(4)22-24(3)6-2/h24-25H,5-23H2,1-4H3/t24-,25-/m0/s1. The van der Waals surface area contributed by atoms with Crippen LogP contribution in [0.4, 0.5) is 0 Å². The molecule has 0 heterocycles. The molecule has 168 valence electrons. The third-order valence-electron chi connectivity index (χ3n) is 6.01. The van der Waals surface area contributed by atoms with Gasteiger partial charge >= 0.3 is 5.97 Å². The minimum absolute atomic E-state index is 0.00527. The van der Waals surface area contributed by atoms with E-state index in [9.17, 15) is 4.79 Å². The van der Waals surface area contributed by atoms with Crippen LogP contribution in [0.25, 0.3) is 0 Å². The topological polar surface area (TPSA) is 26.3 Å². The van der Waals surface area contributed by atoms with Gasteiger partial charge in [-0.15, -0.1) is 0 Å². The van der Waals surface area contributed by atoms with Crippen LogP contribution in [0.2, 0.25) is 0 Å². The molecule has 2 nitrogen and oxygen atoms in total. The second kappa shape index (κ2) is 21.2. The second-order valence-corrected chi connectivity index (χ2v) is 9.24. The molecule has 0 aromatic carbocycles. The van der Waals surface area contributed by atoms with Gasteiger partial charge in [-0.25, -0.2) is 0 Å². The van der Waals surface area contributed by atoms with Gasteiger partial charge in [0.1, 0.15) is 0 Å². The first kappa shape index (κ1) is 27.5. The Morgan fingerprint density at radius 2 is 1.07 bits per heavy atom. The van der Waals surface area contributed by atoms with E-state index >= 15 is 0 Å². The molecule has 0 aromatic rings. The Bertz CT molecular complexity index is 326. The van der Waals surface area contributed by atoms with E-state index in [1.807, 2.05) is 0 Å². The average molecular weight is 397 g/mol. The Kier molecular flexibility index (Phi) is 20.8. The lowest BCUT2D eigenvalue weighted by molar-refractivity contribution is -0.145. The van der Waals surface area contributed by atoms with Crippen LogP contribution in [0.5, 0.6) is 0 Å². The summed E-state index contributed by atoms with van der Waals surface area (Å²) < 4.78 is 5.43. The molecule has 0 fully saturated rings. The third kappa shape index (κ3) is 20.2. The van der Waals surface area contributed by atoms with Crippen LogP contribution in [0.1, 0.15) is 143 Å². The number of esters is 1. The fourth-order valence-electron chi connectivity index (χ4n) is 3.87. The van der Waals surface area contributed by atoms with Crippen molar-refractivity contribution < 1.29 is 9.53 Å². The van der Waals surface area contributed by atoms with Crippen molar-refractivity contribution in [1.29, 1.82) is 0 Å². The Morgan fingerprint density at radius 3 is 1.50 bits per heavy atom. The fraction of sp³-hybridized carbons (Fsp3) is 0.962. The molecule has 2 atom stereocenters. The third-order valence-corrected chi connectivity index (χ3v) is 6.01. The van der Waals surface area contributed by atoms with Gasteiger partial charge in [0.05, 0.1) is 6.61 Å². The normalized spacial score (nSPS) is 13.4. The molecule has 0 rings (SSSR count). The number of unbranched alkanes of at least 4 members (excludes halogenated alkanes) is 14. The number of hydrogen-bond donors (Lipinski definition) is 0. The molecule has 2 heteroatoms. The maximum absolute atomic E-state index is 11.8. The number of rotatable bonds is 21. The van der Waals surface area contributed by atoms with E-state index in [-0.39, 0.29) is 5.97 Å². The van der Waals surface area contributed by atoms with Crippen LogP contribution >= 0.6 is 0 Å². The SMILES string of the molecule is CCCCCCCCCCCCCCCCCC(=O)OC[C@@H](C)C[C@@H](C)CC. The summed E-state index contributed by atoms with van der Waals surface area (Å²) in [7, 11) is 0. The summed E-state index contributed by atoms with van der Waals surface area (Å²) in [5.41, 5.74) is 0. The van der Waals surface area contributed by atoms with Gasteiger partial charge in [-0.3, -0.25) is 4.79 Å². The molecule has 0 spiro atoms. The summed E-state index contributed by atoms with van der Waals surface area (Å²) in [5.74, 6) is 1.22. The quantitative estimate of drug-likeness (QED) is 0.143. The molecule has 0 radical (unpaired) electrons. The summed E-state index contributed by atoms with van der Waals surface area (Å²) in [6, 6.07) is 0. The van der Waals surface area contributed by atoms with E-state index in [1.165, 1.54) is 96.3 Å². The van der Waals surface area contributed by atoms with Crippen LogP contribution in [0.15, 0.2) is 0 Å². The Morgan fingerprint density at radius 1 is 0.643 bits per heavy atom. The van der Waals surface area contributed by atoms with Gasteiger partial charge < -0.3 is 4.74 Å². The summed E-state index contributed by atoms with van der Waals surface area (Å²) in [4.78, 5) is 11.8. The van der Waals surface area contributed by atoms with Crippen LogP contribution in [-0.2, 0) is 9.53 Å². The maximum atomic E-state index is 11.8. The monoisotopic (exact) mass is 396 g/mol. The molecular formula is C26H52O2. The summed E-state index contributed by atoms with van der Waals surface area (Å²) in [5, 5.41) is 0. The van der Waals surface area contributed by atoms with Crippen molar-refractivity contribution in [1.82, 2.24) is 0 Å². The highest BCUT2D eigenvalue weighted by Crippen LogP contribution is 2.16. The number of carbonyl (C=O) groups is 1. The molecule has 0 bridgehead atoms. The molecule has 0 aromatic heterocycles.